The van der Waals surface area contributed by atoms with Crippen molar-refractivity contribution in [2.45, 2.75) is 13.3 Å². The normalized spacial score (nSPS) is 13.3. The molecule has 9 aromatic rings. The van der Waals surface area contributed by atoms with Gasteiger partial charge in [0.1, 0.15) is 0 Å². The van der Waals surface area contributed by atoms with Gasteiger partial charge in [-0.3, -0.25) is 0 Å². The Morgan fingerprint density at radius 2 is 0.540 bits per heavy atom. The predicted octanol–water partition coefficient (Wildman–Crippen LogP) is 17.3. The van der Waals surface area contributed by atoms with Crippen LogP contribution >= 0.6 is 0 Å². The van der Waals surface area contributed by atoms with Crippen molar-refractivity contribution in [1.29, 1.82) is 0 Å². The second kappa shape index (κ2) is 18.0. The lowest BCUT2D eigenvalue weighted by Crippen LogP contribution is -2.10. The monoisotopic (exact) mass is 808 g/mol. The van der Waals surface area contributed by atoms with Crippen LogP contribution in [-0.4, -0.2) is 0 Å². The van der Waals surface area contributed by atoms with Crippen LogP contribution in [0.1, 0.15) is 18.9 Å². The minimum Gasteiger partial charge on any atom is -0.311 e. The third-order valence-electron chi connectivity index (χ3n) is 12.1. The van der Waals surface area contributed by atoms with E-state index in [2.05, 4.69) is 272 Å². The van der Waals surface area contributed by atoms with Gasteiger partial charge in [0, 0.05) is 34.1 Å². The van der Waals surface area contributed by atoms with Crippen molar-refractivity contribution in [2.75, 3.05) is 9.80 Å². The second-order valence-electron chi connectivity index (χ2n) is 16.3. The average molecular weight is 809 g/mol. The summed E-state index contributed by atoms with van der Waals surface area (Å²) in [5.41, 5.74) is 18.8. The third kappa shape index (κ3) is 8.66. The molecule has 302 valence electrons. The molecular formula is C61H48N2. The van der Waals surface area contributed by atoms with E-state index >= 15 is 0 Å². The summed E-state index contributed by atoms with van der Waals surface area (Å²) in [4.78, 5) is 4.66. The zero-order valence-corrected chi connectivity index (χ0v) is 35.4. The fraction of sp³-hybridized carbons (Fsp3) is 0.0492. The second-order valence-corrected chi connectivity index (χ2v) is 16.3. The first-order valence-corrected chi connectivity index (χ1v) is 21.9. The molecule has 0 radical (unpaired) electrons. The largest absolute Gasteiger partial charge is 0.311 e. The molecule has 2 heteroatoms. The number of hydrogen-bond donors (Lipinski definition) is 0. The molecule has 1 aliphatic carbocycles. The molecule has 0 aromatic heterocycles. The quantitative estimate of drug-likeness (QED) is 0.128. The van der Waals surface area contributed by atoms with Gasteiger partial charge in [-0.25, -0.2) is 0 Å². The third-order valence-corrected chi connectivity index (χ3v) is 12.1. The molecule has 0 heterocycles. The summed E-state index contributed by atoms with van der Waals surface area (Å²) in [5.74, 6) is 0.612. The summed E-state index contributed by atoms with van der Waals surface area (Å²) in [6.45, 7) is 2.26. The highest BCUT2D eigenvalue weighted by atomic mass is 15.1. The molecule has 0 spiro atoms. The molecule has 10 rings (SSSR count). The summed E-state index contributed by atoms with van der Waals surface area (Å²) in [7, 11) is 0. The van der Waals surface area contributed by atoms with E-state index in [1.54, 1.807) is 0 Å². The van der Waals surface area contributed by atoms with E-state index < -0.39 is 0 Å². The van der Waals surface area contributed by atoms with Crippen molar-refractivity contribution in [3.8, 4) is 44.5 Å². The maximum absolute atomic E-state index is 2.35. The van der Waals surface area contributed by atoms with Crippen LogP contribution in [-0.2, 0) is 0 Å². The van der Waals surface area contributed by atoms with Gasteiger partial charge in [0.25, 0.3) is 0 Å². The lowest BCUT2D eigenvalue weighted by atomic mass is 9.93. The summed E-state index contributed by atoms with van der Waals surface area (Å²) in [5, 5.41) is 0. The van der Waals surface area contributed by atoms with Crippen LogP contribution in [0.3, 0.4) is 0 Å². The van der Waals surface area contributed by atoms with Crippen LogP contribution in [0.15, 0.2) is 255 Å². The molecule has 0 bridgehead atoms. The number of hydrogen-bond acceptors (Lipinski definition) is 2. The van der Waals surface area contributed by atoms with Gasteiger partial charge in [0.05, 0.1) is 0 Å². The highest BCUT2D eigenvalue weighted by Gasteiger charge is 2.16. The maximum Gasteiger partial charge on any atom is 0.0462 e. The highest BCUT2D eigenvalue weighted by Crippen LogP contribution is 2.40. The molecule has 9 aromatic carbocycles. The number of anilines is 6. The van der Waals surface area contributed by atoms with Gasteiger partial charge in [-0.2, -0.15) is 0 Å². The van der Waals surface area contributed by atoms with Crippen LogP contribution in [0.25, 0.3) is 50.1 Å². The number of rotatable bonds is 11. The van der Waals surface area contributed by atoms with Crippen LogP contribution < -0.4 is 9.80 Å². The fourth-order valence-corrected chi connectivity index (χ4v) is 8.54. The summed E-state index contributed by atoms with van der Waals surface area (Å²) in [6, 6.07) is 85.2. The van der Waals surface area contributed by atoms with Crippen molar-refractivity contribution in [1.82, 2.24) is 0 Å². The minimum atomic E-state index is 0.612. The van der Waals surface area contributed by atoms with E-state index in [0.717, 1.165) is 51.7 Å². The Kier molecular flexibility index (Phi) is 11.2. The van der Waals surface area contributed by atoms with Crippen LogP contribution in [0.2, 0.25) is 0 Å². The van der Waals surface area contributed by atoms with E-state index in [-0.39, 0.29) is 0 Å². The van der Waals surface area contributed by atoms with E-state index in [1.807, 2.05) is 0 Å². The Morgan fingerprint density at radius 3 is 0.841 bits per heavy atom. The first kappa shape index (κ1) is 39.2. The van der Waals surface area contributed by atoms with Gasteiger partial charge < -0.3 is 9.80 Å². The van der Waals surface area contributed by atoms with Crippen LogP contribution in [0.5, 0.6) is 0 Å². The molecule has 1 aliphatic rings. The average Bonchev–Trinajstić information content (AvgIpc) is 3.36. The maximum atomic E-state index is 2.35. The summed E-state index contributed by atoms with van der Waals surface area (Å²) < 4.78 is 0. The number of para-hydroxylation sites is 1. The first-order valence-electron chi connectivity index (χ1n) is 21.9. The molecular weight excluding hydrogens is 761 g/mol. The number of benzene rings is 9. The lowest BCUT2D eigenvalue weighted by Gasteiger charge is -2.26. The Bertz CT molecular complexity index is 2870. The van der Waals surface area contributed by atoms with Gasteiger partial charge in [0.15, 0.2) is 0 Å². The SMILES string of the molecule is CC1C=CC(c2ccc(-c3ccc(N(c4ccccc4)c4ccc(-c5ccc(N(c6ccc(-c7ccccc7)cc6)c6ccc(-c7ccccc7)cc6)cc5)cc4)cc3)cc2)=CC1. The summed E-state index contributed by atoms with van der Waals surface area (Å²) in [6.07, 6.45) is 8.01. The molecule has 0 saturated carbocycles. The number of nitrogens with zero attached hydrogens (tertiary/aromatic N) is 2. The van der Waals surface area contributed by atoms with Crippen molar-refractivity contribution >= 4 is 39.7 Å². The smallest absolute Gasteiger partial charge is 0.0462 e. The molecule has 2 nitrogen and oxygen atoms in total. The van der Waals surface area contributed by atoms with Crippen molar-refractivity contribution < 1.29 is 0 Å². The van der Waals surface area contributed by atoms with Gasteiger partial charge >= 0.3 is 0 Å². The molecule has 0 N–H and O–H groups in total. The first-order chi connectivity index (χ1) is 31.1. The van der Waals surface area contributed by atoms with E-state index in [9.17, 15) is 0 Å². The van der Waals surface area contributed by atoms with Crippen molar-refractivity contribution in [2.24, 2.45) is 5.92 Å². The van der Waals surface area contributed by atoms with Gasteiger partial charge in [0.2, 0.25) is 0 Å². The molecule has 0 amide bonds. The summed E-state index contributed by atoms with van der Waals surface area (Å²) >= 11 is 0. The Labute approximate surface area is 372 Å². The molecule has 0 fully saturated rings. The molecule has 1 atom stereocenters. The fourth-order valence-electron chi connectivity index (χ4n) is 8.54. The molecule has 0 saturated heterocycles. The number of allylic oxidation sites excluding steroid dienone is 4. The standard InChI is InChI=1S/C61H48N2/c1-45-17-19-48(20-18-45)49-21-23-50(24-22-49)53-29-39-57(40-30-53)62(56-15-9-4-10-16-56)58-41-31-54(32-42-58)55-33-43-61(44-34-55)63(59-35-25-51(26-36-59)46-11-5-2-6-12-46)60-37-27-52(28-38-60)47-13-7-3-8-14-47/h2-17,19-45H,18H2,1H3. The lowest BCUT2D eigenvalue weighted by molar-refractivity contribution is 0.739. The van der Waals surface area contributed by atoms with Crippen molar-refractivity contribution in [3.05, 3.63) is 260 Å². The Morgan fingerprint density at radius 1 is 0.286 bits per heavy atom. The zero-order valence-electron chi connectivity index (χ0n) is 35.4. The van der Waals surface area contributed by atoms with Crippen molar-refractivity contribution in [3.63, 3.8) is 0 Å². The molecule has 63 heavy (non-hydrogen) atoms. The van der Waals surface area contributed by atoms with E-state index in [1.165, 1.54) is 44.5 Å². The van der Waals surface area contributed by atoms with Gasteiger partial charge in [-0.05, 0) is 141 Å². The Hall–Kier alpha value is -7.94. The zero-order chi connectivity index (χ0) is 42.4. The van der Waals surface area contributed by atoms with Crippen LogP contribution in [0.4, 0.5) is 34.1 Å². The highest BCUT2D eigenvalue weighted by molar-refractivity contribution is 5.83. The topological polar surface area (TPSA) is 6.48 Å². The molecule has 1 unspecified atom stereocenters. The molecule has 0 aliphatic heterocycles. The minimum absolute atomic E-state index is 0.612. The van der Waals surface area contributed by atoms with Gasteiger partial charge in [-0.1, -0.05) is 189 Å². The Balaban J connectivity index is 0.913. The van der Waals surface area contributed by atoms with Gasteiger partial charge in [-0.15, -0.1) is 0 Å². The van der Waals surface area contributed by atoms with E-state index in [4.69, 9.17) is 0 Å². The van der Waals surface area contributed by atoms with Crippen LogP contribution in [0, 0.1) is 5.92 Å². The van der Waals surface area contributed by atoms with E-state index in [0.29, 0.717) is 5.92 Å². The predicted molar refractivity (Wildman–Crippen MR) is 268 cm³/mol.